The quantitative estimate of drug-likeness (QED) is 0.782. The average molecular weight is 353 g/mol. The highest BCUT2D eigenvalue weighted by molar-refractivity contribution is 9.10. The summed E-state index contributed by atoms with van der Waals surface area (Å²) in [5.41, 5.74) is 1.29. The predicted molar refractivity (Wildman–Crippen MR) is 79.2 cm³/mol. The van der Waals surface area contributed by atoms with Crippen LogP contribution in [0.15, 0.2) is 41.0 Å². The second-order valence-electron chi connectivity index (χ2n) is 4.51. The molecule has 0 saturated carbocycles. The highest BCUT2D eigenvalue weighted by atomic mass is 79.9. The van der Waals surface area contributed by atoms with Crippen molar-refractivity contribution in [2.75, 3.05) is 11.9 Å². The van der Waals surface area contributed by atoms with Crippen LogP contribution in [0, 0.1) is 11.6 Å². The molecule has 0 amide bonds. The first kappa shape index (κ1) is 13.9. The van der Waals surface area contributed by atoms with Crippen molar-refractivity contribution >= 4 is 27.5 Å². The fraction of sp³-hybridized carbons (Fsp3) is 0.143. The van der Waals surface area contributed by atoms with Gasteiger partial charge in [-0.1, -0.05) is 0 Å². The molecule has 1 N–H and O–H groups in total. The van der Waals surface area contributed by atoms with Crippen molar-refractivity contribution in [1.29, 1.82) is 0 Å². The molecule has 21 heavy (non-hydrogen) atoms. The van der Waals surface area contributed by atoms with Crippen LogP contribution in [0.5, 0.6) is 0 Å². The highest BCUT2D eigenvalue weighted by Crippen LogP contribution is 2.16. The van der Waals surface area contributed by atoms with Gasteiger partial charge in [-0.15, -0.1) is 5.10 Å². The summed E-state index contributed by atoms with van der Waals surface area (Å²) in [5, 5.41) is 7.30. The van der Waals surface area contributed by atoms with Gasteiger partial charge in [0.25, 0.3) is 0 Å². The van der Waals surface area contributed by atoms with Crippen molar-refractivity contribution in [2.45, 2.75) is 6.42 Å². The Balaban J connectivity index is 1.68. The monoisotopic (exact) mass is 352 g/mol. The average Bonchev–Trinajstić information content (AvgIpc) is 2.82. The van der Waals surface area contributed by atoms with Gasteiger partial charge in [0.2, 0.25) is 5.95 Å². The Morgan fingerprint density at radius 3 is 2.67 bits per heavy atom. The molecule has 0 aliphatic carbocycles. The highest BCUT2D eigenvalue weighted by Gasteiger charge is 2.06. The van der Waals surface area contributed by atoms with Crippen molar-refractivity contribution in [3.63, 3.8) is 0 Å². The van der Waals surface area contributed by atoms with Crippen LogP contribution < -0.4 is 5.32 Å². The summed E-state index contributed by atoms with van der Waals surface area (Å²) in [6, 6.07) is 7.23. The fourth-order valence-corrected chi connectivity index (χ4v) is 2.45. The second kappa shape index (κ2) is 5.77. The van der Waals surface area contributed by atoms with E-state index in [0.29, 0.717) is 30.1 Å². The van der Waals surface area contributed by atoms with Gasteiger partial charge in [0.05, 0.1) is 4.47 Å². The Morgan fingerprint density at radius 1 is 1.19 bits per heavy atom. The maximum atomic E-state index is 13.1. The molecular weight excluding hydrogens is 342 g/mol. The molecule has 0 spiro atoms. The molecule has 3 rings (SSSR count). The van der Waals surface area contributed by atoms with Gasteiger partial charge in [-0.3, -0.25) is 0 Å². The molecule has 1 aromatic carbocycles. The van der Waals surface area contributed by atoms with Crippen molar-refractivity contribution in [3.05, 3.63) is 58.2 Å². The molecule has 0 radical (unpaired) electrons. The largest absolute Gasteiger partial charge is 0.353 e. The molecule has 108 valence electrons. The van der Waals surface area contributed by atoms with Crippen molar-refractivity contribution < 1.29 is 8.78 Å². The number of hydrogen-bond donors (Lipinski definition) is 1. The summed E-state index contributed by atoms with van der Waals surface area (Å²) >= 11 is 3.40. The minimum Gasteiger partial charge on any atom is -0.353 e. The minimum absolute atomic E-state index is 0.471. The summed E-state index contributed by atoms with van der Waals surface area (Å²) < 4.78 is 28.6. The number of nitrogens with one attached hydrogen (secondary N) is 1. The lowest BCUT2D eigenvalue weighted by Crippen LogP contribution is -2.06. The van der Waals surface area contributed by atoms with E-state index in [-0.39, 0.29) is 0 Å². The first-order valence-electron chi connectivity index (χ1n) is 6.31. The molecule has 0 bridgehead atoms. The molecule has 0 aliphatic rings. The maximum absolute atomic E-state index is 13.1. The van der Waals surface area contributed by atoms with E-state index in [4.69, 9.17) is 0 Å². The van der Waals surface area contributed by atoms with Crippen LogP contribution in [-0.2, 0) is 6.42 Å². The number of aromatic nitrogens is 3. The van der Waals surface area contributed by atoms with Gasteiger partial charge in [-0.2, -0.15) is 4.98 Å². The summed E-state index contributed by atoms with van der Waals surface area (Å²) in [7, 11) is 0. The van der Waals surface area contributed by atoms with Crippen LogP contribution in [0.3, 0.4) is 0 Å². The van der Waals surface area contributed by atoms with E-state index in [1.54, 1.807) is 10.7 Å². The van der Waals surface area contributed by atoms with Crippen LogP contribution in [0.2, 0.25) is 0 Å². The molecule has 7 heteroatoms. The smallest absolute Gasteiger partial charge is 0.243 e. The number of fused-ring (bicyclic) bond motifs is 1. The van der Waals surface area contributed by atoms with Gasteiger partial charge in [0, 0.05) is 18.8 Å². The van der Waals surface area contributed by atoms with E-state index in [1.807, 2.05) is 12.1 Å². The van der Waals surface area contributed by atoms with Crippen molar-refractivity contribution in [1.82, 2.24) is 14.6 Å². The first-order valence-corrected chi connectivity index (χ1v) is 7.11. The van der Waals surface area contributed by atoms with Crippen LogP contribution in [0.25, 0.3) is 5.65 Å². The molecule has 0 atom stereocenters. The van der Waals surface area contributed by atoms with E-state index in [9.17, 15) is 8.78 Å². The molecule has 3 aromatic rings. The van der Waals surface area contributed by atoms with Gasteiger partial charge < -0.3 is 5.32 Å². The first-order chi connectivity index (χ1) is 10.1. The van der Waals surface area contributed by atoms with Gasteiger partial charge in [-0.25, -0.2) is 13.3 Å². The second-order valence-corrected chi connectivity index (χ2v) is 5.37. The van der Waals surface area contributed by atoms with Crippen LogP contribution >= 0.6 is 15.9 Å². The van der Waals surface area contributed by atoms with E-state index >= 15 is 0 Å². The van der Waals surface area contributed by atoms with Gasteiger partial charge in [-0.05, 0) is 52.2 Å². The van der Waals surface area contributed by atoms with Crippen LogP contribution in [0.4, 0.5) is 14.7 Å². The Labute approximate surface area is 127 Å². The topological polar surface area (TPSA) is 42.2 Å². The number of anilines is 1. The zero-order valence-electron chi connectivity index (χ0n) is 10.9. The third kappa shape index (κ3) is 3.18. The summed E-state index contributed by atoms with van der Waals surface area (Å²) in [6.07, 6.45) is 2.27. The molecule has 0 saturated heterocycles. The van der Waals surface area contributed by atoms with E-state index < -0.39 is 11.6 Å². The molecule has 0 aliphatic heterocycles. The van der Waals surface area contributed by atoms with Gasteiger partial charge in [0.1, 0.15) is 11.6 Å². The normalized spacial score (nSPS) is 11.0. The zero-order chi connectivity index (χ0) is 14.8. The number of benzene rings is 1. The molecular formula is C14H11BrF2N4. The van der Waals surface area contributed by atoms with E-state index in [1.165, 1.54) is 12.1 Å². The molecule has 4 nitrogen and oxygen atoms in total. The van der Waals surface area contributed by atoms with Crippen molar-refractivity contribution in [3.8, 4) is 0 Å². The Morgan fingerprint density at radius 2 is 1.95 bits per heavy atom. The SMILES string of the molecule is Fc1cc(F)cc(CCNc2nc3c(Br)cccn3n2)c1. The maximum Gasteiger partial charge on any atom is 0.243 e. The summed E-state index contributed by atoms with van der Waals surface area (Å²) in [4.78, 5) is 4.32. The molecule has 0 fully saturated rings. The van der Waals surface area contributed by atoms with Crippen LogP contribution in [0.1, 0.15) is 5.56 Å². The number of hydrogen-bond acceptors (Lipinski definition) is 3. The van der Waals surface area contributed by atoms with Crippen molar-refractivity contribution in [2.24, 2.45) is 0 Å². The van der Waals surface area contributed by atoms with E-state index in [2.05, 4.69) is 31.3 Å². The third-order valence-electron chi connectivity index (χ3n) is 2.93. The Hall–Kier alpha value is -2.02. The minimum atomic E-state index is -0.570. The van der Waals surface area contributed by atoms with Gasteiger partial charge in [0.15, 0.2) is 5.65 Å². The molecule has 0 unspecified atom stereocenters. The number of rotatable bonds is 4. The lowest BCUT2D eigenvalue weighted by molar-refractivity contribution is 0.580. The Kier molecular flexibility index (Phi) is 3.83. The summed E-state index contributed by atoms with van der Waals surface area (Å²) in [6.45, 7) is 0.484. The number of nitrogens with zero attached hydrogens (tertiary/aromatic N) is 3. The predicted octanol–water partition coefficient (Wildman–Crippen LogP) is 3.42. The summed E-state index contributed by atoms with van der Waals surface area (Å²) in [5.74, 6) is -0.668. The molecule has 2 aromatic heterocycles. The number of pyridine rings is 1. The van der Waals surface area contributed by atoms with Gasteiger partial charge >= 0.3 is 0 Å². The standard InChI is InChI=1S/C14H11BrF2N4/c15-12-2-1-5-21-13(12)19-14(20-21)18-4-3-9-6-10(16)8-11(17)7-9/h1-2,5-8H,3-4H2,(H,18,20). The molecule has 2 heterocycles. The lowest BCUT2D eigenvalue weighted by Gasteiger charge is -2.03. The lowest BCUT2D eigenvalue weighted by atomic mass is 10.1. The third-order valence-corrected chi connectivity index (χ3v) is 3.55. The fourth-order valence-electron chi connectivity index (χ4n) is 2.02. The Bertz CT molecular complexity index is 767. The van der Waals surface area contributed by atoms with Crippen LogP contribution in [-0.4, -0.2) is 21.1 Å². The van der Waals surface area contributed by atoms with E-state index in [0.717, 1.165) is 10.5 Å². The zero-order valence-corrected chi connectivity index (χ0v) is 12.4. The number of halogens is 3.